The molecule has 0 unspecified atom stereocenters. The zero-order valence-corrected chi connectivity index (χ0v) is 12.6. The van der Waals surface area contributed by atoms with Crippen molar-refractivity contribution in [1.82, 2.24) is 14.0 Å². The van der Waals surface area contributed by atoms with Gasteiger partial charge in [0, 0.05) is 0 Å². The molecule has 5 heteroatoms. The third-order valence-corrected chi connectivity index (χ3v) is 4.12. The number of hydrogen-bond donors (Lipinski definition) is 1. The third-order valence-electron chi connectivity index (χ3n) is 4.12. The van der Waals surface area contributed by atoms with Gasteiger partial charge in [0.1, 0.15) is 5.52 Å². The van der Waals surface area contributed by atoms with Crippen molar-refractivity contribution in [3.63, 3.8) is 0 Å². The van der Waals surface area contributed by atoms with Gasteiger partial charge in [-0.3, -0.25) is 9.38 Å². The normalized spacial score (nSPS) is 11.3. The van der Waals surface area contributed by atoms with Crippen LogP contribution in [0.2, 0.25) is 0 Å². The molecule has 1 N–H and O–H groups in total. The first-order chi connectivity index (χ1) is 11.2. The zero-order valence-electron chi connectivity index (χ0n) is 12.6. The summed E-state index contributed by atoms with van der Waals surface area (Å²) >= 11 is 0. The summed E-state index contributed by atoms with van der Waals surface area (Å²) in [6.07, 6.45) is 2.45. The molecule has 5 nitrogen and oxygen atoms in total. The fourth-order valence-electron chi connectivity index (χ4n) is 2.86. The van der Waals surface area contributed by atoms with Gasteiger partial charge in [-0.25, -0.2) is 9.36 Å². The summed E-state index contributed by atoms with van der Waals surface area (Å²) in [5.41, 5.74) is 3.29. The van der Waals surface area contributed by atoms with Gasteiger partial charge >= 0.3 is 5.69 Å². The second kappa shape index (κ2) is 4.98. The number of fused-ring (bicyclic) bond motifs is 3. The molecule has 0 spiro atoms. The molecule has 0 fully saturated rings. The maximum absolute atomic E-state index is 12.9. The number of rotatable bonds is 2. The maximum Gasteiger partial charge on any atom is 0.340 e. The monoisotopic (exact) mass is 305 g/mol. The van der Waals surface area contributed by atoms with Crippen LogP contribution in [0.5, 0.6) is 5.88 Å². The molecule has 0 radical (unpaired) electrons. The molecule has 0 amide bonds. The number of aromatic nitrogens is 3. The van der Waals surface area contributed by atoms with Crippen LogP contribution in [0.3, 0.4) is 0 Å². The van der Waals surface area contributed by atoms with E-state index < -0.39 is 0 Å². The van der Waals surface area contributed by atoms with E-state index in [4.69, 9.17) is 0 Å². The molecule has 2 aromatic heterocycles. The highest BCUT2D eigenvalue weighted by atomic mass is 16.3. The van der Waals surface area contributed by atoms with Gasteiger partial charge in [0.15, 0.2) is 0 Å². The molecule has 0 atom stereocenters. The smallest absolute Gasteiger partial charge is 0.340 e. The average Bonchev–Trinajstić information content (AvgIpc) is 2.86. The molecule has 0 saturated carbocycles. The number of para-hydroxylation sites is 2. The van der Waals surface area contributed by atoms with E-state index in [1.807, 2.05) is 48.5 Å². The van der Waals surface area contributed by atoms with Gasteiger partial charge < -0.3 is 5.11 Å². The lowest BCUT2D eigenvalue weighted by atomic mass is 10.1. The fraction of sp³-hybridized carbons (Fsp3) is 0.111. The van der Waals surface area contributed by atoms with Crippen molar-refractivity contribution in [3.05, 3.63) is 70.8 Å². The predicted octanol–water partition coefficient (Wildman–Crippen LogP) is 2.91. The van der Waals surface area contributed by atoms with Crippen LogP contribution in [-0.2, 0) is 6.42 Å². The van der Waals surface area contributed by atoms with Gasteiger partial charge in [0.25, 0.3) is 0 Å². The minimum absolute atomic E-state index is 0.0995. The highest BCUT2D eigenvalue weighted by Crippen LogP contribution is 2.24. The summed E-state index contributed by atoms with van der Waals surface area (Å²) in [5, 5.41) is 10.5. The van der Waals surface area contributed by atoms with Gasteiger partial charge in [0.05, 0.1) is 22.9 Å². The van der Waals surface area contributed by atoms with E-state index in [1.165, 1.54) is 20.7 Å². The van der Waals surface area contributed by atoms with Crippen molar-refractivity contribution in [2.75, 3.05) is 0 Å². The average molecular weight is 305 g/mol. The van der Waals surface area contributed by atoms with Crippen molar-refractivity contribution < 1.29 is 5.11 Å². The van der Waals surface area contributed by atoms with E-state index in [0.29, 0.717) is 22.2 Å². The van der Waals surface area contributed by atoms with E-state index in [0.717, 1.165) is 6.42 Å². The van der Waals surface area contributed by atoms with Crippen LogP contribution in [0.4, 0.5) is 0 Å². The lowest BCUT2D eigenvalue weighted by Crippen LogP contribution is -2.19. The Morgan fingerprint density at radius 1 is 1.04 bits per heavy atom. The summed E-state index contributed by atoms with van der Waals surface area (Å²) in [6, 6.07) is 15.0. The summed E-state index contributed by atoms with van der Waals surface area (Å²) in [4.78, 5) is 17.2. The molecule has 0 saturated heterocycles. The van der Waals surface area contributed by atoms with E-state index in [9.17, 15) is 9.90 Å². The molecule has 0 aliphatic carbocycles. The Morgan fingerprint density at radius 3 is 2.52 bits per heavy atom. The second-order valence-corrected chi connectivity index (χ2v) is 5.43. The largest absolute Gasteiger partial charge is 0.493 e. The Bertz CT molecular complexity index is 1080. The lowest BCUT2D eigenvalue weighted by Gasteiger charge is -2.03. The number of hydrogen-bond acceptors (Lipinski definition) is 3. The summed E-state index contributed by atoms with van der Waals surface area (Å²) in [7, 11) is 0. The molecule has 2 aromatic carbocycles. The predicted molar refractivity (Wildman–Crippen MR) is 89.3 cm³/mol. The second-order valence-electron chi connectivity index (χ2n) is 5.43. The fourth-order valence-corrected chi connectivity index (χ4v) is 2.86. The standard InChI is InChI=1S/C18H15N3O2/c1-2-12-7-9-13(10-8-12)20-17(22)16-11-19-14-5-3-4-6-15(14)21(16)18(20)23/h3-11,22H,2H2,1H3. The van der Waals surface area contributed by atoms with Crippen molar-refractivity contribution >= 4 is 16.6 Å². The molecule has 0 bridgehead atoms. The van der Waals surface area contributed by atoms with Crippen molar-refractivity contribution in [2.24, 2.45) is 0 Å². The van der Waals surface area contributed by atoms with Gasteiger partial charge in [-0.2, -0.15) is 0 Å². The first-order valence-corrected chi connectivity index (χ1v) is 7.50. The SMILES string of the molecule is CCc1ccc(-n2c(O)c3cnc4ccccc4n3c2=O)cc1. The Hall–Kier alpha value is -3.08. The number of aromatic hydroxyl groups is 1. The van der Waals surface area contributed by atoms with Crippen molar-refractivity contribution in [3.8, 4) is 11.6 Å². The van der Waals surface area contributed by atoms with Crippen molar-refractivity contribution in [1.29, 1.82) is 0 Å². The molecular formula is C18H15N3O2. The Labute approximate surface area is 132 Å². The van der Waals surface area contributed by atoms with Gasteiger partial charge in [0.2, 0.25) is 5.88 Å². The van der Waals surface area contributed by atoms with E-state index in [1.54, 1.807) is 0 Å². The quantitative estimate of drug-likeness (QED) is 0.619. The molecule has 4 rings (SSSR count). The van der Waals surface area contributed by atoms with Gasteiger partial charge in [-0.15, -0.1) is 0 Å². The minimum Gasteiger partial charge on any atom is -0.493 e. The number of aryl methyl sites for hydroxylation is 1. The number of nitrogens with zero attached hydrogens (tertiary/aromatic N) is 3. The van der Waals surface area contributed by atoms with Crippen molar-refractivity contribution in [2.45, 2.75) is 13.3 Å². The highest BCUT2D eigenvalue weighted by molar-refractivity contribution is 5.79. The maximum atomic E-state index is 12.9. The Morgan fingerprint density at radius 2 is 1.78 bits per heavy atom. The molecular weight excluding hydrogens is 290 g/mol. The topological polar surface area (TPSA) is 59.5 Å². The summed E-state index contributed by atoms with van der Waals surface area (Å²) in [5.74, 6) is -0.0995. The van der Waals surface area contributed by atoms with E-state index >= 15 is 0 Å². The van der Waals surface area contributed by atoms with Crippen LogP contribution in [0, 0.1) is 0 Å². The zero-order chi connectivity index (χ0) is 16.0. The van der Waals surface area contributed by atoms with Crippen LogP contribution in [0.1, 0.15) is 12.5 Å². The Balaban J connectivity index is 2.07. The summed E-state index contributed by atoms with van der Waals surface area (Å²) < 4.78 is 2.80. The van der Waals surface area contributed by atoms with Crippen LogP contribution in [0.15, 0.2) is 59.5 Å². The van der Waals surface area contributed by atoms with Crippen LogP contribution < -0.4 is 5.69 Å². The molecule has 2 heterocycles. The minimum atomic E-state index is -0.305. The highest BCUT2D eigenvalue weighted by Gasteiger charge is 2.17. The van der Waals surface area contributed by atoms with E-state index in [-0.39, 0.29) is 11.6 Å². The van der Waals surface area contributed by atoms with E-state index in [2.05, 4.69) is 11.9 Å². The molecule has 114 valence electrons. The molecule has 23 heavy (non-hydrogen) atoms. The summed E-state index contributed by atoms with van der Waals surface area (Å²) in [6.45, 7) is 2.07. The first kappa shape index (κ1) is 13.6. The molecule has 0 aliphatic rings. The number of benzene rings is 2. The van der Waals surface area contributed by atoms with Gasteiger partial charge in [-0.05, 0) is 36.2 Å². The van der Waals surface area contributed by atoms with Crippen LogP contribution >= 0.6 is 0 Å². The molecule has 4 aromatic rings. The van der Waals surface area contributed by atoms with Gasteiger partial charge in [-0.1, -0.05) is 31.2 Å². The molecule has 0 aliphatic heterocycles. The number of imidazole rings is 1. The van der Waals surface area contributed by atoms with Crippen LogP contribution in [0.25, 0.3) is 22.2 Å². The van der Waals surface area contributed by atoms with Crippen LogP contribution in [-0.4, -0.2) is 19.1 Å². The Kier molecular flexibility index (Phi) is 2.94. The first-order valence-electron chi connectivity index (χ1n) is 7.50. The third kappa shape index (κ3) is 1.93. The lowest BCUT2D eigenvalue weighted by molar-refractivity contribution is 0.446.